The first kappa shape index (κ1) is 15.8. The van der Waals surface area contributed by atoms with Gasteiger partial charge in [-0.05, 0) is 24.6 Å². The van der Waals surface area contributed by atoms with E-state index < -0.39 is 6.10 Å². The molecule has 1 aromatic carbocycles. The van der Waals surface area contributed by atoms with Crippen molar-refractivity contribution in [2.45, 2.75) is 13.0 Å². The molecule has 0 radical (unpaired) electrons. The summed E-state index contributed by atoms with van der Waals surface area (Å²) in [6.07, 6.45) is -0.494. The Bertz CT molecular complexity index is 645. The zero-order valence-electron chi connectivity index (χ0n) is 13.3. The van der Waals surface area contributed by atoms with Crippen LogP contribution in [0.25, 0.3) is 0 Å². The summed E-state index contributed by atoms with van der Waals surface area (Å²) >= 11 is 0. The number of aliphatic hydroxyl groups is 1. The topological polar surface area (TPSA) is 56.9 Å². The van der Waals surface area contributed by atoms with E-state index in [1.165, 1.54) is 0 Å². The molecule has 1 aromatic heterocycles. The van der Waals surface area contributed by atoms with Crippen molar-refractivity contribution in [2.24, 2.45) is 0 Å². The van der Waals surface area contributed by atoms with Gasteiger partial charge in [0, 0.05) is 32.7 Å². The lowest BCUT2D eigenvalue weighted by Gasteiger charge is -2.35. The predicted octanol–water partition coefficient (Wildman–Crippen LogP) is 2.08. The van der Waals surface area contributed by atoms with Gasteiger partial charge in [-0.1, -0.05) is 30.3 Å². The number of aryl methyl sites for hydroxylation is 1. The van der Waals surface area contributed by atoms with Gasteiger partial charge in [-0.2, -0.15) is 0 Å². The van der Waals surface area contributed by atoms with Gasteiger partial charge < -0.3 is 14.4 Å². The first-order valence-corrected chi connectivity index (χ1v) is 7.94. The summed E-state index contributed by atoms with van der Waals surface area (Å²) in [5.74, 6) is 1.10. The number of hydrogen-bond donors (Lipinski definition) is 1. The van der Waals surface area contributed by atoms with Crippen molar-refractivity contribution in [2.75, 3.05) is 32.7 Å². The molecule has 0 spiro atoms. The minimum Gasteiger partial charge on any atom is -0.456 e. The Labute approximate surface area is 136 Å². The van der Waals surface area contributed by atoms with Crippen molar-refractivity contribution in [3.63, 3.8) is 0 Å². The van der Waals surface area contributed by atoms with Gasteiger partial charge in [0.15, 0.2) is 5.76 Å². The quantitative estimate of drug-likeness (QED) is 0.939. The van der Waals surface area contributed by atoms with Crippen LogP contribution in [0.4, 0.5) is 0 Å². The second-order valence-electron chi connectivity index (χ2n) is 5.93. The molecular formula is C18H22N2O3. The molecule has 1 amide bonds. The molecular weight excluding hydrogens is 292 g/mol. The second kappa shape index (κ2) is 6.98. The summed E-state index contributed by atoms with van der Waals surface area (Å²) in [6, 6.07) is 13.2. The van der Waals surface area contributed by atoms with Gasteiger partial charge in [-0.15, -0.1) is 0 Å². The number of benzene rings is 1. The maximum atomic E-state index is 12.3. The van der Waals surface area contributed by atoms with Gasteiger partial charge in [-0.3, -0.25) is 9.69 Å². The summed E-state index contributed by atoms with van der Waals surface area (Å²) in [5, 5.41) is 10.3. The highest BCUT2D eigenvalue weighted by atomic mass is 16.3. The zero-order valence-corrected chi connectivity index (χ0v) is 13.3. The van der Waals surface area contributed by atoms with Crippen molar-refractivity contribution in [3.05, 3.63) is 59.5 Å². The van der Waals surface area contributed by atoms with Crippen LogP contribution >= 0.6 is 0 Å². The molecule has 1 fully saturated rings. The average molecular weight is 314 g/mol. The fourth-order valence-corrected chi connectivity index (χ4v) is 2.86. The standard InChI is InChI=1S/C18H22N2O3/c1-14-7-8-17(23-14)18(22)20-11-9-19(10-12-20)13-16(21)15-5-3-2-4-6-15/h2-8,16,21H,9-13H2,1H3/t16-/m1/s1. The van der Waals surface area contributed by atoms with Gasteiger partial charge in [0.1, 0.15) is 5.76 Å². The van der Waals surface area contributed by atoms with E-state index in [9.17, 15) is 9.90 Å². The molecule has 3 rings (SSSR count). The van der Waals surface area contributed by atoms with E-state index in [4.69, 9.17) is 4.42 Å². The molecule has 1 aliphatic heterocycles. The summed E-state index contributed by atoms with van der Waals surface area (Å²) < 4.78 is 5.40. The van der Waals surface area contributed by atoms with Crippen molar-refractivity contribution < 1.29 is 14.3 Å². The summed E-state index contributed by atoms with van der Waals surface area (Å²) in [5.41, 5.74) is 0.928. The van der Waals surface area contributed by atoms with E-state index in [2.05, 4.69) is 4.90 Å². The van der Waals surface area contributed by atoms with Crippen LogP contribution in [0.15, 0.2) is 46.9 Å². The molecule has 0 unspecified atom stereocenters. The number of carbonyl (C=O) groups excluding carboxylic acids is 1. The molecule has 5 nitrogen and oxygen atoms in total. The lowest BCUT2D eigenvalue weighted by molar-refractivity contribution is 0.0502. The Morgan fingerprint density at radius 2 is 1.83 bits per heavy atom. The number of aliphatic hydroxyl groups excluding tert-OH is 1. The highest BCUT2D eigenvalue weighted by molar-refractivity contribution is 5.91. The Kier molecular flexibility index (Phi) is 4.79. The van der Waals surface area contributed by atoms with Gasteiger partial charge in [-0.25, -0.2) is 0 Å². The third-order valence-electron chi connectivity index (χ3n) is 4.23. The maximum Gasteiger partial charge on any atom is 0.289 e. The number of β-amino-alcohol motifs (C(OH)–C–C–N with tert-alkyl or cyclic N) is 1. The molecule has 1 atom stereocenters. The van der Waals surface area contributed by atoms with E-state index in [0.29, 0.717) is 25.4 Å². The van der Waals surface area contributed by atoms with E-state index in [1.54, 1.807) is 12.1 Å². The number of hydrogen-bond acceptors (Lipinski definition) is 4. The van der Waals surface area contributed by atoms with Crippen LogP contribution in [-0.4, -0.2) is 53.5 Å². The third-order valence-corrected chi connectivity index (χ3v) is 4.23. The Hall–Kier alpha value is -2.11. The van der Waals surface area contributed by atoms with Crippen molar-refractivity contribution in [3.8, 4) is 0 Å². The molecule has 2 heterocycles. The van der Waals surface area contributed by atoms with Crippen LogP contribution in [0.5, 0.6) is 0 Å². The third kappa shape index (κ3) is 3.81. The fourth-order valence-electron chi connectivity index (χ4n) is 2.86. The first-order chi connectivity index (χ1) is 11.1. The van der Waals surface area contributed by atoms with Crippen LogP contribution in [0.3, 0.4) is 0 Å². The minimum atomic E-state index is -0.494. The molecule has 122 valence electrons. The minimum absolute atomic E-state index is 0.0543. The van der Waals surface area contributed by atoms with Crippen LogP contribution in [0.2, 0.25) is 0 Å². The maximum absolute atomic E-state index is 12.3. The molecule has 1 saturated heterocycles. The Balaban J connectivity index is 1.51. The van der Waals surface area contributed by atoms with Crippen molar-refractivity contribution >= 4 is 5.91 Å². The van der Waals surface area contributed by atoms with Gasteiger partial charge in [0.2, 0.25) is 0 Å². The lowest BCUT2D eigenvalue weighted by Crippen LogP contribution is -2.49. The number of carbonyl (C=O) groups is 1. The summed E-state index contributed by atoms with van der Waals surface area (Å²) in [4.78, 5) is 16.3. The van der Waals surface area contributed by atoms with E-state index >= 15 is 0 Å². The zero-order chi connectivity index (χ0) is 16.2. The first-order valence-electron chi connectivity index (χ1n) is 7.94. The monoisotopic (exact) mass is 314 g/mol. The van der Waals surface area contributed by atoms with Crippen LogP contribution < -0.4 is 0 Å². The number of amides is 1. The lowest BCUT2D eigenvalue weighted by atomic mass is 10.1. The summed E-state index contributed by atoms with van der Waals surface area (Å²) in [6.45, 7) is 5.25. The van der Waals surface area contributed by atoms with Crippen LogP contribution in [0, 0.1) is 6.92 Å². The highest BCUT2D eigenvalue weighted by Crippen LogP contribution is 2.16. The predicted molar refractivity (Wildman–Crippen MR) is 87.2 cm³/mol. The number of piperazine rings is 1. The molecule has 23 heavy (non-hydrogen) atoms. The summed E-state index contributed by atoms with van der Waals surface area (Å²) in [7, 11) is 0. The van der Waals surface area contributed by atoms with Gasteiger partial charge in [0.05, 0.1) is 6.10 Å². The molecule has 1 aliphatic rings. The van der Waals surface area contributed by atoms with E-state index in [-0.39, 0.29) is 5.91 Å². The molecule has 0 saturated carbocycles. The number of rotatable bonds is 4. The molecule has 5 heteroatoms. The fraction of sp³-hybridized carbons (Fsp3) is 0.389. The normalized spacial score (nSPS) is 17.2. The van der Waals surface area contributed by atoms with Gasteiger partial charge >= 0.3 is 0 Å². The molecule has 2 aromatic rings. The van der Waals surface area contributed by atoms with Crippen molar-refractivity contribution in [1.82, 2.24) is 9.80 Å². The van der Waals surface area contributed by atoms with Crippen LogP contribution in [0.1, 0.15) is 28.0 Å². The van der Waals surface area contributed by atoms with E-state index in [1.807, 2.05) is 42.2 Å². The highest BCUT2D eigenvalue weighted by Gasteiger charge is 2.25. The smallest absolute Gasteiger partial charge is 0.289 e. The van der Waals surface area contributed by atoms with Crippen LogP contribution in [-0.2, 0) is 0 Å². The molecule has 0 aliphatic carbocycles. The SMILES string of the molecule is Cc1ccc(C(=O)N2CCN(C[C@@H](O)c3ccccc3)CC2)o1. The number of nitrogens with zero attached hydrogens (tertiary/aromatic N) is 2. The second-order valence-corrected chi connectivity index (χ2v) is 5.93. The molecule has 1 N–H and O–H groups in total. The molecule has 0 bridgehead atoms. The van der Waals surface area contributed by atoms with E-state index in [0.717, 1.165) is 24.4 Å². The van der Waals surface area contributed by atoms with Gasteiger partial charge in [0.25, 0.3) is 5.91 Å². The largest absolute Gasteiger partial charge is 0.456 e. The average Bonchev–Trinajstić information content (AvgIpc) is 3.02. The number of furan rings is 1. The Morgan fingerprint density at radius 1 is 1.13 bits per heavy atom. The van der Waals surface area contributed by atoms with Crippen molar-refractivity contribution in [1.29, 1.82) is 0 Å². The Morgan fingerprint density at radius 3 is 2.43 bits per heavy atom.